The van der Waals surface area contributed by atoms with Crippen molar-refractivity contribution in [2.45, 2.75) is 0 Å². The summed E-state index contributed by atoms with van der Waals surface area (Å²) >= 11 is 0. The number of ether oxygens (including phenoxy) is 2. The molecule has 5 heteroatoms. The molecule has 1 aliphatic heterocycles. The Balaban J connectivity index is 1.65. The minimum absolute atomic E-state index is 0.361. The summed E-state index contributed by atoms with van der Waals surface area (Å²) in [5.74, 6) is 0. The average molecular weight is 326 g/mol. The maximum Gasteiger partial charge on any atom is 0.418 e. The van der Waals surface area contributed by atoms with E-state index in [0.29, 0.717) is 6.61 Å². The van der Waals surface area contributed by atoms with Gasteiger partial charge in [-0.3, -0.25) is 4.90 Å². The molecule has 1 saturated heterocycles. The van der Waals surface area contributed by atoms with E-state index >= 15 is 0 Å². The van der Waals surface area contributed by atoms with Crippen LogP contribution in [0.2, 0.25) is 0 Å². The van der Waals surface area contributed by atoms with Crippen molar-refractivity contribution >= 4 is 17.5 Å². The Morgan fingerprint density at radius 2 is 1.50 bits per heavy atom. The lowest BCUT2D eigenvalue weighted by molar-refractivity contribution is 0.0287. The minimum Gasteiger partial charge on any atom is -0.448 e. The lowest BCUT2D eigenvalue weighted by atomic mass is 10.2. The number of para-hydroxylation sites is 2. The number of hydrogen-bond acceptors (Lipinski definition) is 4. The zero-order valence-electron chi connectivity index (χ0n) is 13.6. The molecule has 2 aromatic carbocycles. The van der Waals surface area contributed by atoms with Gasteiger partial charge in [0.2, 0.25) is 0 Å². The normalized spacial score (nSPS) is 15.0. The monoisotopic (exact) mass is 326 g/mol. The van der Waals surface area contributed by atoms with Gasteiger partial charge in [0.1, 0.15) is 6.61 Å². The first-order valence-corrected chi connectivity index (χ1v) is 8.22. The van der Waals surface area contributed by atoms with Gasteiger partial charge in [-0.2, -0.15) is 0 Å². The van der Waals surface area contributed by atoms with E-state index in [1.807, 2.05) is 60.7 Å². The molecule has 1 amide bonds. The molecule has 1 heterocycles. The van der Waals surface area contributed by atoms with Crippen molar-refractivity contribution in [3.63, 3.8) is 0 Å². The quantitative estimate of drug-likeness (QED) is 0.845. The van der Waals surface area contributed by atoms with E-state index in [4.69, 9.17) is 9.47 Å². The molecule has 1 aliphatic rings. The maximum atomic E-state index is 12.6. The molecule has 126 valence electrons. The minimum atomic E-state index is -0.361. The van der Waals surface area contributed by atoms with Crippen molar-refractivity contribution in [2.24, 2.45) is 0 Å². The number of benzene rings is 2. The van der Waals surface area contributed by atoms with E-state index in [9.17, 15) is 4.79 Å². The number of anilines is 2. The fraction of sp³-hybridized carbons (Fsp3) is 0.316. The highest BCUT2D eigenvalue weighted by Crippen LogP contribution is 2.25. The van der Waals surface area contributed by atoms with Crippen molar-refractivity contribution in [3.8, 4) is 0 Å². The smallest absolute Gasteiger partial charge is 0.418 e. The number of hydrogen-bond donors (Lipinski definition) is 0. The first-order chi connectivity index (χ1) is 11.8. The topological polar surface area (TPSA) is 42.0 Å². The highest BCUT2D eigenvalue weighted by molar-refractivity contribution is 5.95. The molecule has 24 heavy (non-hydrogen) atoms. The fourth-order valence-electron chi connectivity index (χ4n) is 2.67. The standard InChI is InChI=1S/C19H22N2O3/c22-19(24-16-13-20-11-14-23-15-12-20)21(17-7-3-1-4-8-17)18-9-5-2-6-10-18/h1-10H,11-16H2. The predicted octanol–water partition coefficient (Wildman–Crippen LogP) is 3.29. The molecule has 1 fully saturated rings. The Morgan fingerprint density at radius 1 is 0.958 bits per heavy atom. The molecule has 0 spiro atoms. The molecule has 0 atom stereocenters. The van der Waals surface area contributed by atoms with Crippen LogP contribution >= 0.6 is 0 Å². The SMILES string of the molecule is O=C(OCCN1CCOCC1)N(c1ccccc1)c1ccccc1. The first kappa shape index (κ1) is 16.5. The van der Waals surface area contributed by atoms with Crippen molar-refractivity contribution in [1.29, 1.82) is 0 Å². The van der Waals surface area contributed by atoms with Gasteiger partial charge in [0.05, 0.1) is 24.6 Å². The zero-order chi connectivity index (χ0) is 16.6. The molecule has 0 saturated carbocycles. The van der Waals surface area contributed by atoms with Gasteiger partial charge >= 0.3 is 6.09 Å². The van der Waals surface area contributed by atoms with Gasteiger partial charge in [-0.1, -0.05) is 36.4 Å². The van der Waals surface area contributed by atoms with Gasteiger partial charge in [0.25, 0.3) is 0 Å². The summed E-state index contributed by atoms with van der Waals surface area (Å²) in [5, 5.41) is 0. The van der Waals surface area contributed by atoms with Crippen LogP contribution in [0.1, 0.15) is 0 Å². The third-order valence-corrected chi connectivity index (χ3v) is 3.95. The number of rotatable bonds is 5. The molecular weight excluding hydrogens is 304 g/mol. The highest BCUT2D eigenvalue weighted by Gasteiger charge is 2.19. The molecule has 0 unspecified atom stereocenters. The molecule has 0 radical (unpaired) electrons. The first-order valence-electron chi connectivity index (χ1n) is 8.22. The summed E-state index contributed by atoms with van der Waals surface area (Å²) in [6, 6.07) is 19.1. The molecule has 0 aliphatic carbocycles. The Labute approximate surface area is 142 Å². The van der Waals surface area contributed by atoms with Crippen molar-refractivity contribution < 1.29 is 14.3 Å². The highest BCUT2D eigenvalue weighted by atomic mass is 16.6. The second-order valence-electron chi connectivity index (χ2n) is 5.57. The van der Waals surface area contributed by atoms with Gasteiger partial charge in [-0.25, -0.2) is 9.69 Å². The fourth-order valence-corrected chi connectivity index (χ4v) is 2.67. The third kappa shape index (κ3) is 4.34. The molecule has 3 rings (SSSR count). The number of amides is 1. The molecule has 0 aromatic heterocycles. The number of carbonyl (C=O) groups excluding carboxylic acids is 1. The van der Waals surface area contributed by atoms with Crippen LogP contribution in [0.5, 0.6) is 0 Å². The van der Waals surface area contributed by atoms with Crippen LogP contribution in [0, 0.1) is 0 Å². The number of carbonyl (C=O) groups is 1. The zero-order valence-corrected chi connectivity index (χ0v) is 13.6. The molecule has 5 nitrogen and oxygen atoms in total. The Kier molecular flexibility index (Phi) is 5.82. The van der Waals surface area contributed by atoms with E-state index in [0.717, 1.165) is 44.2 Å². The van der Waals surface area contributed by atoms with Gasteiger partial charge < -0.3 is 9.47 Å². The van der Waals surface area contributed by atoms with Crippen LogP contribution in [0.15, 0.2) is 60.7 Å². The van der Waals surface area contributed by atoms with Crippen molar-refractivity contribution in [1.82, 2.24) is 4.90 Å². The van der Waals surface area contributed by atoms with Crippen LogP contribution < -0.4 is 4.90 Å². The number of nitrogens with zero attached hydrogens (tertiary/aromatic N) is 2. The van der Waals surface area contributed by atoms with Gasteiger partial charge in [-0.15, -0.1) is 0 Å². The van der Waals surface area contributed by atoms with Crippen LogP contribution in [-0.4, -0.2) is 50.4 Å². The Morgan fingerprint density at radius 3 is 2.04 bits per heavy atom. The Hall–Kier alpha value is -2.37. The van der Waals surface area contributed by atoms with Crippen molar-refractivity contribution in [3.05, 3.63) is 60.7 Å². The maximum absolute atomic E-state index is 12.6. The van der Waals surface area contributed by atoms with Crippen LogP contribution in [0.25, 0.3) is 0 Å². The summed E-state index contributed by atoms with van der Waals surface area (Å²) in [6.45, 7) is 4.36. The van der Waals surface area contributed by atoms with E-state index in [1.54, 1.807) is 4.90 Å². The van der Waals surface area contributed by atoms with E-state index in [1.165, 1.54) is 0 Å². The van der Waals surface area contributed by atoms with Gasteiger partial charge in [-0.05, 0) is 24.3 Å². The third-order valence-electron chi connectivity index (χ3n) is 3.95. The second-order valence-corrected chi connectivity index (χ2v) is 5.57. The predicted molar refractivity (Wildman–Crippen MR) is 93.6 cm³/mol. The van der Waals surface area contributed by atoms with Gasteiger partial charge in [0.15, 0.2) is 0 Å². The summed E-state index contributed by atoms with van der Waals surface area (Å²) in [4.78, 5) is 16.5. The van der Waals surface area contributed by atoms with Gasteiger partial charge in [0, 0.05) is 19.6 Å². The van der Waals surface area contributed by atoms with Crippen molar-refractivity contribution in [2.75, 3.05) is 44.4 Å². The van der Waals surface area contributed by atoms with Crippen LogP contribution in [0.4, 0.5) is 16.2 Å². The van der Waals surface area contributed by atoms with E-state index in [-0.39, 0.29) is 6.09 Å². The van der Waals surface area contributed by atoms with E-state index < -0.39 is 0 Å². The van der Waals surface area contributed by atoms with E-state index in [2.05, 4.69) is 4.90 Å². The summed E-state index contributed by atoms with van der Waals surface area (Å²) in [6.07, 6.45) is -0.361. The molecular formula is C19H22N2O3. The summed E-state index contributed by atoms with van der Waals surface area (Å²) in [7, 11) is 0. The summed E-state index contributed by atoms with van der Waals surface area (Å²) < 4.78 is 10.8. The second kappa shape index (κ2) is 8.47. The molecule has 2 aromatic rings. The largest absolute Gasteiger partial charge is 0.448 e. The summed E-state index contributed by atoms with van der Waals surface area (Å²) in [5.41, 5.74) is 1.58. The molecule has 0 N–H and O–H groups in total. The lowest BCUT2D eigenvalue weighted by Crippen LogP contribution is -2.39. The van der Waals surface area contributed by atoms with Crippen LogP contribution in [-0.2, 0) is 9.47 Å². The number of morpholine rings is 1. The van der Waals surface area contributed by atoms with Crippen LogP contribution in [0.3, 0.4) is 0 Å². The lowest BCUT2D eigenvalue weighted by Gasteiger charge is -2.27. The average Bonchev–Trinajstić information content (AvgIpc) is 2.65. The molecule has 0 bridgehead atoms. The Bertz CT molecular complexity index is 588.